The lowest BCUT2D eigenvalue weighted by Crippen LogP contribution is -2.49. The highest BCUT2D eigenvalue weighted by Crippen LogP contribution is 2.27. The van der Waals surface area contributed by atoms with Gasteiger partial charge in [-0.2, -0.15) is 0 Å². The van der Waals surface area contributed by atoms with Crippen molar-refractivity contribution in [1.29, 1.82) is 0 Å². The molecule has 8 heteroatoms. The van der Waals surface area contributed by atoms with E-state index in [0.717, 1.165) is 19.5 Å². The number of rotatable bonds is 8. The molecule has 1 aromatic carbocycles. The lowest BCUT2D eigenvalue weighted by molar-refractivity contribution is -0.384. The van der Waals surface area contributed by atoms with Crippen molar-refractivity contribution in [2.45, 2.75) is 26.3 Å². The number of nitrogens with zero attached hydrogens (tertiary/aromatic N) is 3. The Balaban J connectivity index is 2.08. The van der Waals surface area contributed by atoms with Gasteiger partial charge in [-0.15, -0.1) is 0 Å². The van der Waals surface area contributed by atoms with E-state index in [-0.39, 0.29) is 17.6 Å². The molecule has 0 spiro atoms. The van der Waals surface area contributed by atoms with Gasteiger partial charge in [0, 0.05) is 51.4 Å². The third-order valence-electron chi connectivity index (χ3n) is 4.72. The van der Waals surface area contributed by atoms with Crippen molar-refractivity contribution < 1.29 is 14.5 Å². The molecule has 1 atom stereocenters. The minimum absolute atomic E-state index is 0.0699. The molecule has 0 saturated carbocycles. The smallest absolute Gasteiger partial charge is 0.293 e. The number of hydrogen-bond acceptors (Lipinski definition) is 6. The third kappa shape index (κ3) is 5.90. The number of hydrogen-bond donors (Lipinski definition) is 1. The predicted octanol–water partition coefficient (Wildman–Crippen LogP) is 2.14. The maximum atomic E-state index is 12.6. The van der Waals surface area contributed by atoms with Crippen molar-refractivity contribution in [2.75, 3.05) is 51.8 Å². The predicted molar refractivity (Wildman–Crippen MR) is 105 cm³/mol. The molecule has 1 aliphatic heterocycles. The Morgan fingerprint density at radius 2 is 2.00 bits per heavy atom. The van der Waals surface area contributed by atoms with Crippen LogP contribution in [0.15, 0.2) is 18.2 Å². The second-order valence-corrected chi connectivity index (χ2v) is 7.50. The van der Waals surface area contributed by atoms with E-state index in [1.54, 1.807) is 31.1 Å². The summed E-state index contributed by atoms with van der Waals surface area (Å²) < 4.78 is 5.42. The van der Waals surface area contributed by atoms with Crippen LogP contribution in [0.2, 0.25) is 0 Å². The van der Waals surface area contributed by atoms with E-state index in [1.807, 2.05) is 0 Å². The molecule has 1 N–H and O–H groups in total. The van der Waals surface area contributed by atoms with E-state index in [1.165, 1.54) is 6.07 Å². The molecule has 0 radical (unpaired) electrons. The van der Waals surface area contributed by atoms with Crippen LogP contribution >= 0.6 is 0 Å². The largest absolute Gasteiger partial charge is 0.379 e. The summed E-state index contributed by atoms with van der Waals surface area (Å²) in [5, 5.41) is 14.3. The Morgan fingerprint density at radius 1 is 1.33 bits per heavy atom. The average molecular weight is 378 g/mol. The molecule has 0 aromatic heterocycles. The average Bonchev–Trinajstić information content (AvgIpc) is 2.64. The van der Waals surface area contributed by atoms with Gasteiger partial charge < -0.3 is 15.0 Å². The lowest BCUT2D eigenvalue weighted by Gasteiger charge is -2.35. The SMILES string of the molecule is CC(C)CC(CNC(=O)c1ccc(N(C)C)c([N+](=O)[O-])c1)N1CCOCC1. The number of benzene rings is 1. The molecule has 27 heavy (non-hydrogen) atoms. The van der Waals surface area contributed by atoms with E-state index in [0.29, 0.717) is 36.9 Å². The monoisotopic (exact) mass is 378 g/mol. The molecule has 150 valence electrons. The summed E-state index contributed by atoms with van der Waals surface area (Å²) in [5.41, 5.74) is 0.708. The van der Waals surface area contributed by atoms with Crippen molar-refractivity contribution >= 4 is 17.3 Å². The van der Waals surface area contributed by atoms with E-state index >= 15 is 0 Å². The summed E-state index contributed by atoms with van der Waals surface area (Å²) in [5.74, 6) is 0.223. The van der Waals surface area contributed by atoms with Gasteiger partial charge in [0.1, 0.15) is 5.69 Å². The van der Waals surface area contributed by atoms with Crippen LogP contribution in [0.5, 0.6) is 0 Å². The molecular weight excluding hydrogens is 348 g/mol. The van der Waals surface area contributed by atoms with Gasteiger partial charge in [0.15, 0.2) is 0 Å². The molecule has 1 saturated heterocycles. The van der Waals surface area contributed by atoms with Crippen molar-refractivity contribution in [1.82, 2.24) is 10.2 Å². The van der Waals surface area contributed by atoms with Crippen LogP contribution < -0.4 is 10.2 Å². The molecule has 1 heterocycles. The Labute approximate surface area is 160 Å². The molecule has 1 aliphatic rings. The number of ether oxygens (including phenoxy) is 1. The summed E-state index contributed by atoms with van der Waals surface area (Å²) >= 11 is 0. The molecule has 1 aromatic rings. The van der Waals surface area contributed by atoms with Crippen LogP contribution in [-0.2, 0) is 4.74 Å². The van der Waals surface area contributed by atoms with Crippen LogP contribution in [-0.4, -0.2) is 68.7 Å². The number of morpholine rings is 1. The Kier molecular flexibility index (Phi) is 7.55. The summed E-state index contributed by atoms with van der Waals surface area (Å²) in [6, 6.07) is 4.82. The Bertz CT molecular complexity index is 657. The Morgan fingerprint density at radius 3 is 2.56 bits per heavy atom. The minimum atomic E-state index is -0.457. The maximum absolute atomic E-state index is 12.6. The van der Waals surface area contributed by atoms with E-state index in [9.17, 15) is 14.9 Å². The summed E-state index contributed by atoms with van der Waals surface area (Å²) in [6.45, 7) is 7.98. The van der Waals surface area contributed by atoms with Gasteiger partial charge in [0.2, 0.25) is 0 Å². The molecule has 2 rings (SSSR count). The van der Waals surface area contributed by atoms with Crippen molar-refractivity contribution in [3.05, 3.63) is 33.9 Å². The Hall–Kier alpha value is -2.19. The van der Waals surface area contributed by atoms with Crippen LogP contribution in [0.3, 0.4) is 0 Å². The first-order valence-corrected chi connectivity index (χ1v) is 9.35. The number of amides is 1. The summed E-state index contributed by atoms with van der Waals surface area (Å²) in [6.07, 6.45) is 0.972. The van der Waals surface area contributed by atoms with Gasteiger partial charge in [-0.25, -0.2) is 0 Å². The topological polar surface area (TPSA) is 88.0 Å². The lowest BCUT2D eigenvalue weighted by atomic mass is 10.0. The van der Waals surface area contributed by atoms with Crippen molar-refractivity contribution in [3.8, 4) is 0 Å². The highest BCUT2D eigenvalue weighted by Gasteiger charge is 2.24. The normalized spacial score (nSPS) is 16.2. The molecule has 8 nitrogen and oxygen atoms in total. The highest BCUT2D eigenvalue weighted by atomic mass is 16.6. The molecule has 1 fully saturated rings. The number of carbonyl (C=O) groups excluding carboxylic acids is 1. The highest BCUT2D eigenvalue weighted by molar-refractivity contribution is 5.95. The fourth-order valence-electron chi connectivity index (χ4n) is 3.35. The molecule has 0 aliphatic carbocycles. The summed E-state index contributed by atoms with van der Waals surface area (Å²) in [7, 11) is 3.47. The molecule has 1 amide bonds. The zero-order valence-electron chi connectivity index (χ0n) is 16.6. The van der Waals surface area contributed by atoms with Crippen LogP contribution in [0, 0.1) is 16.0 Å². The number of carbonyl (C=O) groups is 1. The summed E-state index contributed by atoms with van der Waals surface area (Å²) in [4.78, 5) is 27.5. The van der Waals surface area contributed by atoms with E-state index in [2.05, 4.69) is 24.1 Å². The van der Waals surface area contributed by atoms with Gasteiger partial charge >= 0.3 is 0 Å². The molecular formula is C19H30N4O4. The third-order valence-corrected chi connectivity index (χ3v) is 4.72. The first-order chi connectivity index (χ1) is 12.8. The number of anilines is 1. The van der Waals surface area contributed by atoms with Crippen LogP contribution in [0.1, 0.15) is 30.6 Å². The zero-order chi connectivity index (χ0) is 20.0. The van der Waals surface area contributed by atoms with Crippen LogP contribution in [0.4, 0.5) is 11.4 Å². The van der Waals surface area contributed by atoms with E-state index in [4.69, 9.17) is 4.74 Å². The fourth-order valence-corrected chi connectivity index (χ4v) is 3.35. The maximum Gasteiger partial charge on any atom is 0.293 e. The van der Waals surface area contributed by atoms with E-state index < -0.39 is 4.92 Å². The fraction of sp³-hybridized carbons (Fsp3) is 0.632. The quantitative estimate of drug-likeness (QED) is 0.551. The zero-order valence-corrected chi connectivity index (χ0v) is 16.6. The first kappa shape index (κ1) is 21.1. The van der Waals surface area contributed by atoms with Crippen molar-refractivity contribution in [3.63, 3.8) is 0 Å². The second-order valence-electron chi connectivity index (χ2n) is 7.50. The van der Waals surface area contributed by atoms with Gasteiger partial charge in [-0.3, -0.25) is 19.8 Å². The van der Waals surface area contributed by atoms with Crippen LogP contribution in [0.25, 0.3) is 0 Å². The number of nitro groups is 1. The van der Waals surface area contributed by atoms with Gasteiger partial charge in [-0.1, -0.05) is 13.8 Å². The second kappa shape index (κ2) is 9.66. The molecule has 1 unspecified atom stereocenters. The minimum Gasteiger partial charge on any atom is -0.379 e. The standard InChI is InChI=1S/C19H30N4O4/c1-14(2)11-16(22-7-9-27-10-8-22)13-20-19(24)15-5-6-17(21(3)4)18(12-15)23(25)26/h5-6,12,14,16H,7-11,13H2,1-4H3,(H,20,24). The van der Waals surface area contributed by atoms with Crippen molar-refractivity contribution in [2.24, 2.45) is 5.92 Å². The molecule has 0 bridgehead atoms. The first-order valence-electron chi connectivity index (χ1n) is 9.35. The van der Waals surface area contributed by atoms with Gasteiger partial charge in [0.25, 0.3) is 11.6 Å². The van der Waals surface area contributed by atoms with Gasteiger partial charge in [0.05, 0.1) is 18.1 Å². The van der Waals surface area contributed by atoms with Gasteiger partial charge in [-0.05, 0) is 24.5 Å². The number of nitrogens with one attached hydrogen (secondary N) is 1. The number of nitro benzene ring substituents is 1.